The minimum absolute atomic E-state index is 0.0336. The van der Waals surface area contributed by atoms with Crippen molar-refractivity contribution in [1.82, 2.24) is 9.97 Å². The molecule has 3 N–H and O–H groups in total. The van der Waals surface area contributed by atoms with E-state index >= 15 is 0 Å². The summed E-state index contributed by atoms with van der Waals surface area (Å²) in [4.78, 5) is 28.6. The Morgan fingerprint density at radius 2 is 2.47 bits per heavy atom. The van der Waals surface area contributed by atoms with Gasteiger partial charge in [0, 0.05) is 6.07 Å². The van der Waals surface area contributed by atoms with Gasteiger partial charge in [0.25, 0.3) is 5.56 Å². The van der Waals surface area contributed by atoms with E-state index < -0.39 is 11.5 Å². The molecule has 1 heterocycles. The summed E-state index contributed by atoms with van der Waals surface area (Å²) in [6, 6.07) is 1.08. The number of nitrogens with zero attached hydrogens (tertiary/aromatic N) is 1. The first-order valence-electron chi connectivity index (χ1n) is 4.34. The van der Waals surface area contributed by atoms with Gasteiger partial charge in [-0.05, 0) is 19.2 Å². The minimum Gasteiger partial charge on any atom is -0.461 e. The Hall–Kier alpha value is -2.11. The van der Waals surface area contributed by atoms with Crippen LogP contribution in [0.5, 0.6) is 0 Å². The Morgan fingerprint density at radius 3 is 3.07 bits per heavy atom. The molecule has 0 aromatic carbocycles. The van der Waals surface area contributed by atoms with Gasteiger partial charge >= 0.3 is 5.97 Å². The predicted molar refractivity (Wildman–Crippen MR) is 54.0 cm³/mol. The molecular formula is C9H11N3O3. The smallest absolute Gasteiger partial charge is 0.357 e. The molecule has 1 aromatic heterocycles. The van der Waals surface area contributed by atoms with E-state index in [1.807, 2.05) is 0 Å². The first-order valence-corrected chi connectivity index (χ1v) is 4.34. The first-order chi connectivity index (χ1) is 7.17. The van der Waals surface area contributed by atoms with Gasteiger partial charge in [0.15, 0.2) is 5.69 Å². The Bertz CT molecular complexity index is 436. The normalized spacial score (nSPS) is 10.5. The quantitative estimate of drug-likeness (QED) is 0.676. The fourth-order valence-electron chi connectivity index (χ4n) is 0.956. The van der Waals surface area contributed by atoms with Crippen LogP contribution in [0.25, 0.3) is 6.08 Å². The third kappa shape index (κ3) is 2.94. The summed E-state index contributed by atoms with van der Waals surface area (Å²) in [5.41, 5.74) is 4.67. The fourth-order valence-corrected chi connectivity index (χ4v) is 0.956. The van der Waals surface area contributed by atoms with Crippen LogP contribution in [0.3, 0.4) is 0 Å². The summed E-state index contributed by atoms with van der Waals surface area (Å²) in [6.07, 6.45) is 2.59. The third-order valence-corrected chi connectivity index (χ3v) is 1.50. The van der Waals surface area contributed by atoms with E-state index in [0.717, 1.165) is 6.07 Å². The Labute approximate surface area is 85.8 Å². The number of hydrogen-bond acceptors (Lipinski definition) is 5. The maximum atomic E-state index is 11.3. The van der Waals surface area contributed by atoms with Gasteiger partial charge in [0.05, 0.1) is 6.61 Å². The van der Waals surface area contributed by atoms with Crippen molar-refractivity contribution in [3.63, 3.8) is 0 Å². The average molecular weight is 209 g/mol. The van der Waals surface area contributed by atoms with Crippen LogP contribution in [0.4, 0.5) is 0 Å². The number of esters is 1. The molecule has 1 rings (SSSR count). The van der Waals surface area contributed by atoms with E-state index in [-0.39, 0.29) is 18.1 Å². The number of H-pyrrole nitrogens is 1. The molecule has 0 amide bonds. The Balaban J connectivity index is 3.08. The number of carbonyl (C=O) groups is 1. The van der Waals surface area contributed by atoms with Crippen LogP contribution < -0.4 is 11.3 Å². The standard InChI is InChI=1S/C9H11N3O3/c1-2-15-9(14)6-5-8(13)12-7(11-6)3-4-10/h3-5H,2,10H2,1H3,(H,11,12,13). The van der Waals surface area contributed by atoms with Gasteiger partial charge in [-0.2, -0.15) is 0 Å². The second-order valence-corrected chi connectivity index (χ2v) is 2.60. The molecule has 1 aromatic rings. The van der Waals surface area contributed by atoms with Crippen LogP contribution in [0.2, 0.25) is 0 Å². The van der Waals surface area contributed by atoms with Crippen molar-refractivity contribution in [2.75, 3.05) is 6.61 Å². The van der Waals surface area contributed by atoms with Crippen LogP contribution in [-0.2, 0) is 4.74 Å². The molecule has 6 heteroatoms. The zero-order valence-corrected chi connectivity index (χ0v) is 8.19. The van der Waals surface area contributed by atoms with E-state index in [9.17, 15) is 9.59 Å². The summed E-state index contributed by atoms with van der Waals surface area (Å²) < 4.78 is 4.71. The molecule has 0 aliphatic carbocycles. The topological polar surface area (TPSA) is 98.1 Å². The van der Waals surface area contributed by atoms with Gasteiger partial charge in [0.1, 0.15) is 5.82 Å². The highest BCUT2D eigenvalue weighted by Gasteiger charge is 2.09. The monoisotopic (exact) mass is 209 g/mol. The fraction of sp³-hybridized carbons (Fsp3) is 0.222. The van der Waals surface area contributed by atoms with Gasteiger partial charge in [0.2, 0.25) is 0 Å². The lowest BCUT2D eigenvalue weighted by Crippen LogP contribution is -2.16. The Morgan fingerprint density at radius 1 is 1.73 bits per heavy atom. The lowest BCUT2D eigenvalue weighted by Gasteiger charge is -2.00. The maximum Gasteiger partial charge on any atom is 0.357 e. The number of nitrogens with two attached hydrogens (primary N) is 1. The minimum atomic E-state index is -0.629. The molecule has 0 saturated heterocycles. The molecule has 0 saturated carbocycles. The van der Waals surface area contributed by atoms with Crippen LogP contribution in [-0.4, -0.2) is 22.5 Å². The molecule has 0 fully saturated rings. The number of hydrogen-bond donors (Lipinski definition) is 2. The SMILES string of the molecule is CCOC(=O)c1cc(=O)[nH]c(C=CN)n1. The van der Waals surface area contributed by atoms with Crippen molar-refractivity contribution in [1.29, 1.82) is 0 Å². The zero-order valence-electron chi connectivity index (χ0n) is 8.19. The summed E-state index contributed by atoms with van der Waals surface area (Å²) >= 11 is 0. The number of rotatable bonds is 3. The molecule has 0 unspecified atom stereocenters. The third-order valence-electron chi connectivity index (χ3n) is 1.50. The summed E-state index contributed by atoms with van der Waals surface area (Å²) in [5, 5.41) is 0. The predicted octanol–water partition coefficient (Wildman–Crippen LogP) is -0.124. The van der Waals surface area contributed by atoms with E-state index in [4.69, 9.17) is 10.5 Å². The number of aromatic nitrogens is 2. The van der Waals surface area contributed by atoms with Gasteiger partial charge in [-0.3, -0.25) is 4.79 Å². The highest BCUT2D eigenvalue weighted by molar-refractivity contribution is 5.87. The lowest BCUT2D eigenvalue weighted by molar-refractivity contribution is 0.0519. The van der Waals surface area contributed by atoms with E-state index in [1.165, 1.54) is 12.3 Å². The second kappa shape index (κ2) is 4.94. The highest BCUT2D eigenvalue weighted by Crippen LogP contribution is 1.96. The average Bonchev–Trinajstić information content (AvgIpc) is 2.17. The first kappa shape index (κ1) is 11.0. The van der Waals surface area contributed by atoms with Crippen molar-refractivity contribution in [3.8, 4) is 0 Å². The van der Waals surface area contributed by atoms with E-state index in [0.29, 0.717) is 0 Å². The molecule has 0 radical (unpaired) electrons. The molecule has 0 atom stereocenters. The van der Waals surface area contributed by atoms with Crippen molar-refractivity contribution < 1.29 is 9.53 Å². The number of carbonyl (C=O) groups excluding carboxylic acids is 1. The van der Waals surface area contributed by atoms with E-state index in [2.05, 4.69) is 9.97 Å². The number of ether oxygens (including phenoxy) is 1. The largest absolute Gasteiger partial charge is 0.461 e. The van der Waals surface area contributed by atoms with Crippen molar-refractivity contribution >= 4 is 12.0 Å². The van der Waals surface area contributed by atoms with Crippen molar-refractivity contribution in [3.05, 3.63) is 34.1 Å². The summed E-state index contributed by atoms with van der Waals surface area (Å²) in [6.45, 7) is 1.90. The number of aromatic amines is 1. The summed E-state index contributed by atoms with van der Waals surface area (Å²) in [7, 11) is 0. The van der Waals surface area contributed by atoms with Gasteiger partial charge in [-0.25, -0.2) is 9.78 Å². The molecule has 0 aliphatic heterocycles. The number of nitrogens with one attached hydrogen (secondary N) is 1. The molecule has 80 valence electrons. The van der Waals surface area contributed by atoms with Gasteiger partial charge in [-0.15, -0.1) is 0 Å². The van der Waals surface area contributed by atoms with Gasteiger partial charge < -0.3 is 15.5 Å². The van der Waals surface area contributed by atoms with Crippen LogP contribution in [0.15, 0.2) is 17.1 Å². The van der Waals surface area contributed by atoms with Crippen LogP contribution >= 0.6 is 0 Å². The Kier molecular flexibility index (Phi) is 3.61. The summed E-state index contributed by atoms with van der Waals surface area (Å²) in [5.74, 6) is -0.414. The lowest BCUT2D eigenvalue weighted by atomic mass is 10.4. The molecule has 6 nitrogen and oxygen atoms in total. The molecule has 15 heavy (non-hydrogen) atoms. The van der Waals surface area contributed by atoms with Crippen LogP contribution in [0.1, 0.15) is 23.2 Å². The maximum absolute atomic E-state index is 11.3. The van der Waals surface area contributed by atoms with Gasteiger partial charge in [-0.1, -0.05) is 0 Å². The molecule has 0 aliphatic rings. The van der Waals surface area contributed by atoms with E-state index in [1.54, 1.807) is 6.92 Å². The second-order valence-electron chi connectivity index (χ2n) is 2.60. The molecular weight excluding hydrogens is 198 g/mol. The molecule has 0 bridgehead atoms. The van der Waals surface area contributed by atoms with Crippen LogP contribution in [0, 0.1) is 0 Å². The zero-order chi connectivity index (χ0) is 11.3. The van der Waals surface area contributed by atoms with Crippen molar-refractivity contribution in [2.45, 2.75) is 6.92 Å². The molecule has 0 spiro atoms. The highest BCUT2D eigenvalue weighted by atomic mass is 16.5. The van der Waals surface area contributed by atoms with Crippen molar-refractivity contribution in [2.24, 2.45) is 5.73 Å².